The third-order valence-electron chi connectivity index (χ3n) is 2.62. The van der Waals surface area contributed by atoms with Crippen LogP contribution < -0.4 is 9.47 Å². The summed E-state index contributed by atoms with van der Waals surface area (Å²) in [5.74, 6) is 0.341. The van der Waals surface area contributed by atoms with Gasteiger partial charge in [-0.25, -0.2) is 8.42 Å². The third-order valence-corrected chi connectivity index (χ3v) is 4.59. The molecule has 0 heterocycles. The molecule has 0 atom stereocenters. The lowest BCUT2D eigenvalue weighted by atomic mass is 10.3. The summed E-state index contributed by atoms with van der Waals surface area (Å²) in [6.45, 7) is 0. The minimum absolute atomic E-state index is 0.147. The summed E-state index contributed by atoms with van der Waals surface area (Å²) in [6, 6.07) is 9.37. The van der Waals surface area contributed by atoms with E-state index in [-0.39, 0.29) is 10.6 Å². The van der Waals surface area contributed by atoms with Crippen molar-refractivity contribution < 1.29 is 31.1 Å². The van der Waals surface area contributed by atoms with Gasteiger partial charge in [0.05, 0.1) is 8.47 Å². The first-order valence-electron chi connectivity index (χ1n) is 6.08. The van der Waals surface area contributed by atoms with Gasteiger partial charge >= 0.3 is 6.36 Å². The van der Waals surface area contributed by atoms with Gasteiger partial charge in [-0.2, -0.15) is 0 Å². The van der Waals surface area contributed by atoms with Gasteiger partial charge in [-0.15, -0.1) is 13.2 Å². The van der Waals surface area contributed by atoms with Gasteiger partial charge < -0.3 is 9.47 Å². The second-order valence-electron chi connectivity index (χ2n) is 4.49. The highest BCUT2D eigenvalue weighted by Crippen LogP contribution is 2.32. The van der Waals surface area contributed by atoms with E-state index in [0.29, 0.717) is 15.1 Å². The average Bonchev–Trinajstić information content (AvgIpc) is 2.40. The standard InChI is InChI=1S/C14H10F3IO4S/c1-23(19,20)11-5-2-9(3-6-11)21-13-7-4-10(8-12(13)18)22-14(15,16)17/h2-8H,1H3. The normalized spacial score (nSPS) is 12.0. The molecule has 0 radical (unpaired) electrons. The van der Waals surface area contributed by atoms with Crippen LogP contribution in [0, 0.1) is 3.57 Å². The highest BCUT2D eigenvalue weighted by Gasteiger charge is 2.31. The van der Waals surface area contributed by atoms with Gasteiger partial charge in [0.1, 0.15) is 17.2 Å². The van der Waals surface area contributed by atoms with E-state index in [1.165, 1.54) is 36.4 Å². The van der Waals surface area contributed by atoms with Crippen LogP contribution in [-0.4, -0.2) is 21.0 Å². The lowest BCUT2D eigenvalue weighted by Crippen LogP contribution is -2.17. The van der Waals surface area contributed by atoms with Crippen molar-refractivity contribution in [3.63, 3.8) is 0 Å². The summed E-state index contributed by atoms with van der Waals surface area (Å²) >= 11 is 1.82. The van der Waals surface area contributed by atoms with Crippen molar-refractivity contribution in [2.75, 3.05) is 6.26 Å². The van der Waals surface area contributed by atoms with Gasteiger partial charge in [-0.1, -0.05) is 0 Å². The maximum absolute atomic E-state index is 12.1. The van der Waals surface area contributed by atoms with Crippen LogP contribution in [0.5, 0.6) is 17.2 Å². The molecule has 2 aromatic carbocycles. The number of hydrogen-bond donors (Lipinski definition) is 0. The largest absolute Gasteiger partial charge is 0.573 e. The quantitative estimate of drug-likeness (QED) is 0.639. The Bertz CT molecular complexity index is 802. The molecule has 0 aliphatic carbocycles. The van der Waals surface area contributed by atoms with E-state index in [0.717, 1.165) is 12.3 Å². The Morgan fingerprint density at radius 1 is 1.00 bits per heavy atom. The smallest absolute Gasteiger partial charge is 0.456 e. The van der Waals surface area contributed by atoms with E-state index in [2.05, 4.69) is 4.74 Å². The molecule has 124 valence electrons. The Labute approximate surface area is 144 Å². The maximum Gasteiger partial charge on any atom is 0.573 e. The Morgan fingerprint density at radius 3 is 2.04 bits per heavy atom. The van der Waals surface area contributed by atoms with Crippen LogP contribution in [0.4, 0.5) is 13.2 Å². The molecule has 2 aromatic rings. The number of ether oxygens (including phenoxy) is 2. The van der Waals surface area contributed by atoms with Crippen molar-refractivity contribution in [2.45, 2.75) is 11.3 Å². The Morgan fingerprint density at radius 2 is 1.57 bits per heavy atom. The minimum Gasteiger partial charge on any atom is -0.456 e. The molecule has 0 aliphatic rings. The van der Waals surface area contributed by atoms with Gasteiger partial charge in [-0.3, -0.25) is 0 Å². The average molecular weight is 458 g/mol. The van der Waals surface area contributed by atoms with E-state index in [1.54, 1.807) is 0 Å². The number of sulfone groups is 1. The lowest BCUT2D eigenvalue weighted by molar-refractivity contribution is -0.274. The second kappa shape index (κ2) is 6.56. The monoisotopic (exact) mass is 458 g/mol. The number of hydrogen-bond acceptors (Lipinski definition) is 4. The van der Waals surface area contributed by atoms with Crippen LogP contribution in [0.2, 0.25) is 0 Å². The zero-order valence-corrected chi connectivity index (χ0v) is 14.6. The van der Waals surface area contributed by atoms with E-state index < -0.39 is 16.2 Å². The predicted octanol–water partition coefficient (Wildman–Crippen LogP) is 4.39. The van der Waals surface area contributed by atoms with Gasteiger partial charge in [0.2, 0.25) is 0 Å². The first kappa shape index (κ1) is 17.9. The second-order valence-corrected chi connectivity index (χ2v) is 7.66. The zero-order valence-electron chi connectivity index (χ0n) is 11.6. The third kappa shape index (κ3) is 5.27. The van der Waals surface area contributed by atoms with E-state index >= 15 is 0 Å². The summed E-state index contributed by atoms with van der Waals surface area (Å²) in [7, 11) is -3.30. The predicted molar refractivity (Wildman–Crippen MR) is 85.5 cm³/mol. The van der Waals surface area contributed by atoms with Crippen molar-refractivity contribution in [3.8, 4) is 17.2 Å². The maximum atomic E-state index is 12.1. The van der Waals surface area contributed by atoms with Gasteiger partial charge in [0, 0.05) is 6.26 Å². The van der Waals surface area contributed by atoms with Crippen molar-refractivity contribution >= 4 is 32.4 Å². The van der Waals surface area contributed by atoms with Crippen molar-refractivity contribution in [2.24, 2.45) is 0 Å². The summed E-state index contributed by atoms with van der Waals surface area (Å²) in [4.78, 5) is 0.147. The fraction of sp³-hybridized carbons (Fsp3) is 0.143. The molecule has 0 aromatic heterocycles. The lowest BCUT2D eigenvalue weighted by Gasteiger charge is -2.12. The molecule has 0 spiro atoms. The van der Waals surface area contributed by atoms with Crippen LogP contribution in [0.15, 0.2) is 47.4 Å². The van der Waals surface area contributed by atoms with Crippen LogP contribution >= 0.6 is 22.6 Å². The molecule has 0 fully saturated rings. The topological polar surface area (TPSA) is 52.6 Å². The molecule has 2 rings (SSSR count). The number of halogens is 4. The molecule has 0 saturated carbocycles. The van der Waals surface area contributed by atoms with Gasteiger partial charge in [0.25, 0.3) is 0 Å². The minimum atomic E-state index is -4.76. The number of rotatable bonds is 4. The molecule has 4 nitrogen and oxygen atoms in total. The SMILES string of the molecule is CS(=O)(=O)c1ccc(Oc2ccc(OC(F)(F)F)cc2I)cc1. The summed E-state index contributed by atoms with van der Waals surface area (Å²) < 4.78 is 68.9. The Kier molecular flexibility index (Phi) is 5.09. The highest BCUT2D eigenvalue weighted by atomic mass is 127. The molecule has 0 bridgehead atoms. The molecule has 0 unspecified atom stereocenters. The molecule has 9 heteroatoms. The molecule has 0 N–H and O–H groups in total. The first-order chi connectivity index (χ1) is 10.5. The fourth-order valence-corrected chi connectivity index (χ4v) is 2.87. The van der Waals surface area contributed by atoms with Crippen molar-refractivity contribution in [1.82, 2.24) is 0 Å². The molecule has 0 aliphatic heterocycles. The molecule has 0 saturated heterocycles. The zero-order chi connectivity index (χ0) is 17.3. The summed E-state index contributed by atoms with van der Waals surface area (Å²) in [6.07, 6.45) is -3.67. The van der Waals surface area contributed by atoms with Crippen LogP contribution in [0.1, 0.15) is 0 Å². The Hall–Kier alpha value is -1.49. The first-order valence-corrected chi connectivity index (χ1v) is 9.05. The van der Waals surface area contributed by atoms with Crippen LogP contribution in [0.3, 0.4) is 0 Å². The molecular formula is C14H10F3IO4S. The number of benzene rings is 2. The highest BCUT2D eigenvalue weighted by molar-refractivity contribution is 14.1. The molecule has 23 heavy (non-hydrogen) atoms. The van der Waals surface area contributed by atoms with Crippen LogP contribution in [-0.2, 0) is 9.84 Å². The van der Waals surface area contributed by atoms with Crippen molar-refractivity contribution in [3.05, 3.63) is 46.0 Å². The fourth-order valence-electron chi connectivity index (χ4n) is 1.64. The summed E-state index contributed by atoms with van der Waals surface area (Å²) in [5, 5.41) is 0. The van der Waals surface area contributed by atoms with Crippen LogP contribution in [0.25, 0.3) is 0 Å². The Balaban J connectivity index is 2.17. The summed E-state index contributed by atoms with van der Waals surface area (Å²) in [5.41, 5.74) is 0. The molecule has 0 amide bonds. The number of alkyl halides is 3. The van der Waals surface area contributed by atoms with Gasteiger partial charge in [0.15, 0.2) is 9.84 Å². The van der Waals surface area contributed by atoms with E-state index in [4.69, 9.17) is 4.74 Å². The molecular weight excluding hydrogens is 448 g/mol. The van der Waals surface area contributed by atoms with E-state index in [1.807, 2.05) is 22.6 Å². The van der Waals surface area contributed by atoms with Crippen molar-refractivity contribution in [1.29, 1.82) is 0 Å². The van der Waals surface area contributed by atoms with Gasteiger partial charge in [-0.05, 0) is 65.1 Å². The van der Waals surface area contributed by atoms with E-state index in [9.17, 15) is 21.6 Å².